The summed E-state index contributed by atoms with van der Waals surface area (Å²) in [4.78, 5) is 23.3. The highest BCUT2D eigenvalue weighted by Gasteiger charge is 2.44. The zero-order valence-electron chi connectivity index (χ0n) is 34.5. The Balaban J connectivity index is 0.000000867. The summed E-state index contributed by atoms with van der Waals surface area (Å²) in [6.45, 7) is 14.4. The number of carbonyl (C=O) groups excluding carboxylic acids is 2. The SMILES string of the molecule is CC[N+]1=C(/C=C/C2=C(Cl)C(C=C=C3N(CCOCCCCCC(=O)Oc4ccccc4)c4ccccc4C3(C)C)CCC2)C(C)(C)c2ccccc21.O=C([O-])C(F)(F)F. The predicted octanol–water partition coefficient (Wildman–Crippen LogP) is 10.2. The number of allylic oxidation sites excluding steroid dienone is 5. The molecule has 0 aromatic heterocycles. The number of esters is 1. The van der Waals surface area contributed by atoms with Gasteiger partial charge in [-0.05, 0) is 102 Å². The third kappa shape index (κ3) is 11.0. The Morgan fingerprint density at radius 2 is 1.58 bits per heavy atom. The Labute approximate surface area is 351 Å². The average molecular weight is 831 g/mol. The van der Waals surface area contributed by atoms with Gasteiger partial charge >= 0.3 is 12.1 Å². The molecule has 0 N–H and O–H groups in total. The van der Waals surface area contributed by atoms with Crippen LogP contribution in [-0.2, 0) is 25.2 Å². The molecule has 0 fully saturated rings. The average Bonchev–Trinajstić information content (AvgIpc) is 3.56. The Morgan fingerprint density at radius 1 is 0.915 bits per heavy atom. The summed E-state index contributed by atoms with van der Waals surface area (Å²) < 4.78 is 45.5. The molecule has 0 amide bonds. The number of alkyl halides is 3. The first-order valence-corrected chi connectivity index (χ1v) is 20.7. The third-order valence-corrected chi connectivity index (χ3v) is 11.7. The number of benzene rings is 3. The van der Waals surface area contributed by atoms with Crippen molar-refractivity contribution >= 4 is 40.6 Å². The number of anilines is 1. The highest BCUT2D eigenvalue weighted by atomic mass is 35.5. The lowest BCUT2D eigenvalue weighted by Crippen LogP contribution is -2.37. The smallest absolute Gasteiger partial charge is 0.430 e. The lowest BCUT2D eigenvalue weighted by molar-refractivity contribution is -0.433. The van der Waals surface area contributed by atoms with Gasteiger partial charge in [-0.1, -0.05) is 78.7 Å². The third-order valence-electron chi connectivity index (χ3n) is 11.1. The van der Waals surface area contributed by atoms with Crippen LogP contribution in [0.3, 0.4) is 0 Å². The van der Waals surface area contributed by atoms with Gasteiger partial charge in [0.05, 0.1) is 17.7 Å². The molecule has 1 unspecified atom stereocenters. The number of carboxylic acid groups (broad SMARTS) is 1. The van der Waals surface area contributed by atoms with Crippen LogP contribution in [0.4, 0.5) is 24.5 Å². The molecule has 2 heterocycles. The van der Waals surface area contributed by atoms with Crippen LogP contribution in [0.5, 0.6) is 5.75 Å². The topological polar surface area (TPSA) is 81.9 Å². The maximum atomic E-state index is 12.1. The van der Waals surface area contributed by atoms with Gasteiger partial charge in [0.25, 0.3) is 0 Å². The number of aliphatic carboxylic acids is 1. The second-order valence-electron chi connectivity index (χ2n) is 15.9. The summed E-state index contributed by atoms with van der Waals surface area (Å²) in [6.07, 6.45) is 7.75. The monoisotopic (exact) mass is 830 g/mol. The number of rotatable bonds is 14. The molecule has 1 aliphatic carbocycles. The van der Waals surface area contributed by atoms with Crippen molar-refractivity contribution in [3.63, 3.8) is 0 Å². The number of hydrogen-bond acceptors (Lipinski definition) is 6. The molecule has 7 nitrogen and oxygen atoms in total. The van der Waals surface area contributed by atoms with E-state index in [1.807, 2.05) is 18.2 Å². The van der Waals surface area contributed by atoms with Crippen molar-refractivity contribution in [1.82, 2.24) is 0 Å². The van der Waals surface area contributed by atoms with E-state index in [0.717, 1.165) is 62.3 Å². The van der Waals surface area contributed by atoms with E-state index in [0.29, 0.717) is 25.4 Å². The summed E-state index contributed by atoms with van der Waals surface area (Å²) in [5.74, 6) is -2.47. The van der Waals surface area contributed by atoms with E-state index in [-0.39, 0.29) is 22.7 Å². The number of ether oxygens (including phenoxy) is 2. The van der Waals surface area contributed by atoms with Crippen LogP contribution in [0.25, 0.3) is 0 Å². The molecular weight excluding hydrogens is 777 g/mol. The minimum Gasteiger partial charge on any atom is -0.542 e. The van der Waals surface area contributed by atoms with Crippen molar-refractivity contribution < 1.29 is 41.9 Å². The standard InChI is InChI=1S/C46H54ClN2O3.C2HF3O2/c1-6-48-39-24-14-12-22-37(39)45(2,3)41(48)29-27-34-18-17-19-35(44(34)47)28-30-42-46(4,5)38-23-13-15-25-40(38)49(42)31-33-51-32-16-8-11-26-43(50)52-36-20-9-7-10-21-36;3-2(4,5)1(6)7/h7,9-10,12-15,20-25,27-29,35H,6,8,11,16-19,26,31-33H2,1-5H3;(H,6,7)/q+1;/p-1/b29-27+;. The first-order chi connectivity index (χ1) is 28.1. The number of hydrogen-bond donors (Lipinski definition) is 0. The van der Waals surface area contributed by atoms with E-state index in [4.69, 9.17) is 31.0 Å². The van der Waals surface area contributed by atoms with Gasteiger partial charge in [-0.15, -0.1) is 5.73 Å². The zero-order valence-corrected chi connectivity index (χ0v) is 35.3. The second-order valence-corrected chi connectivity index (χ2v) is 16.3. The second kappa shape index (κ2) is 19.9. The molecule has 3 aromatic carbocycles. The lowest BCUT2D eigenvalue weighted by Gasteiger charge is -2.26. The molecule has 0 radical (unpaired) electrons. The van der Waals surface area contributed by atoms with Crippen molar-refractivity contribution in [1.29, 1.82) is 0 Å². The summed E-state index contributed by atoms with van der Waals surface area (Å²) >= 11 is 7.22. The van der Waals surface area contributed by atoms with Gasteiger partial charge < -0.3 is 24.3 Å². The summed E-state index contributed by atoms with van der Waals surface area (Å²) in [5, 5.41) is 9.72. The largest absolute Gasteiger partial charge is 0.542 e. The first-order valence-electron chi connectivity index (χ1n) is 20.3. The molecule has 3 aromatic rings. The molecule has 6 rings (SSSR count). The molecule has 314 valence electrons. The number of halogens is 4. The molecular formula is C48H54ClF3N2O5. The van der Waals surface area contributed by atoms with Crippen LogP contribution >= 0.6 is 11.6 Å². The zero-order chi connectivity index (χ0) is 42.8. The van der Waals surface area contributed by atoms with Crippen LogP contribution in [0, 0.1) is 5.92 Å². The van der Waals surface area contributed by atoms with Crippen molar-refractivity contribution in [3.05, 3.63) is 130 Å². The van der Waals surface area contributed by atoms with Crippen LogP contribution < -0.4 is 14.7 Å². The molecule has 1 atom stereocenters. The molecule has 0 saturated heterocycles. The summed E-state index contributed by atoms with van der Waals surface area (Å²) in [5.41, 5.74) is 12.4. The Morgan fingerprint density at radius 3 is 2.27 bits per heavy atom. The van der Waals surface area contributed by atoms with Gasteiger partial charge in [-0.2, -0.15) is 17.7 Å². The van der Waals surface area contributed by atoms with Gasteiger partial charge in [0.2, 0.25) is 5.69 Å². The normalized spacial score (nSPS) is 17.9. The van der Waals surface area contributed by atoms with Gasteiger partial charge in [0, 0.05) is 59.3 Å². The molecule has 0 spiro atoms. The van der Waals surface area contributed by atoms with E-state index in [2.05, 4.69) is 117 Å². The minimum atomic E-state index is -5.19. The number of unbranched alkanes of at least 4 members (excludes halogenated alkanes) is 2. The fourth-order valence-electron chi connectivity index (χ4n) is 8.05. The number of fused-ring (bicyclic) bond motifs is 2. The fraction of sp³-hybridized carbons (Fsp3) is 0.417. The van der Waals surface area contributed by atoms with Gasteiger partial charge in [0.15, 0.2) is 5.71 Å². The van der Waals surface area contributed by atoms with E-state index >= 15 is 0 Å². The van der Waals surface area contributed by atoms with Crippen LogP contribution in [0.2, 0.25) is 0 Å². The quantitative estimate of drug-likeness (QED) is 0.0529. The molecule has 0 bridgehead atoms. The highest BCUT2D eigenvalue weighted by Crippen LogP contribution is 2.47. The molecule has 59 heavy (non-hydrogen) atoms. The van der Waals surface area contributed by atoms with Crippen molar-refractivity contribution in [2.45, 2.75) is 96.6 Å². The maximum Gasteiger partial charge on any atom is 0.430 e. The van der Waals surface area contributed by atoms with Crippen molar-refractivity contribution in [2.24, 2.45) is 5.92 Å². The summed E-state index contributed by atoms with van der Waals surface area (Å²) in [7, 11) is 0. The number of nitrogens with zero attached hydrogens (tertiary/aromatic N) is 2. The van der Waals surface area contributed by atoms with Crippen LogP contribution in [0.1, 0.15) is 90.7 Å². The van der Waals surface area contributed by atoms with E-state index in [1.54, 1.807) is 12.1 Å². The molecule has 0 saturated carbocycles. The number of carboxylic acids is 1. The summed E-state index contributed by atoms with van der Waals surface area (Å²) in [6, 6.07) is 26.7. The van der Waals surface area contributed by atoms with Gasteiger partial charge in [0.1, 0.15) is 18.3 Å². The van der Waals surface area contributed by atoms with E-state index in [1.165, 1.54) is 33.8 Å². The van der Waals surface area contributed by atoms with E-state index in [9.17, 15) is 18.0 Å². The number of para-hydroxylation sites is 3. The Kier molecular flexibility index (Phi) is 15.3. The van der Waals surface area contributed by atoms with Crippen LogP contribution in [-0.4, -0.2) is 54.7 Å². The molecule has 11 heteroatoms. The van der Waals surface area contributed by atoms with Gasteiger partial charge in [-0.3, -0.25) is 4.79 Å². The first kappa shape index (κ1) is 45.2. The highest BCUT2D eigenvalue weighted by molar-refractivity contribution is 6.30. The maximum absolute atomic E-state index is 12.1. The van der Waals surface area contributed by atoms with Crippen LogP contribution in [0.15, 0.2) is 119 Å². The van der Waals surface area contributed by atoms with Crippen molar-refractivity contribution in [2.75, 3.05) is 31.2 Å². The molecule has 2 aliphatic heterocycles. The van der Waals surface area contributed by atoms with Crippen molar-refractivity contribution in [3.8, 4) is 5.75 Å². The lowest BCUT2D eigenvalue weighted by atomic mass is 9.81. The Hall–Kier alpha value is -4.89. The van der Waals surface area contributed by atoms with E-state index < -0.39 is 12.1 Å². The Bertz CT molecular complexity index is 2130. The fourth-order valence-corrected chi connectivity index (χ4v) is 8.38. The minimum absolute atomic E-state index is 0.0662. The predicted molar refractivity (Wildman–Crippen MR) is 225 cm³/mol. The van der Waals surface area contributed by atoms with Gasteiger partial charge in [-0.25, -0.2) is 0 Å². The molecule has 3 aliphatic rings. The number of carbonyl (C=O) groups is 2.